The Morgan fingerprint density at radius 1 is 1.39 bits per heavy atom. The van der Waals surface area contributed by atoms with E-state index in [4.69, 9.17) is 15.2 Å². The number of aryl methyl sites for hydroxylation is 1. The van der Waals surface area contributed by atoms with Gasteiger partial charge in [0.1, 0.15) is 5.82 Å². The standard InChI is InChI=1S/C23H25FN4O3/c1-4-16-20(13(2)10-26-23(16)30-3)14-5-6-17(19(24)9-14)21-18(22(25)29)11-27-28(21)15-7-8-31-12-15/h5-6,9-11,15H,4,7-8,12H2,1-3H3,(H2,25,29)/t15-/m0/s1. The average molecular weight is 424 g/mol. The first-order chi connectivity index (χ1) is 15.0. The summed E-state index contributed by atoms with van der Waals surface area (Å²) in [5, 5.41) is 4.33. The van der Waals surface area contributed by atoms with Gasteiger partial charge in [-0.2, -0.15) is 5.10 Å². The maximum absolute atomic E-state index is 15.5. The van der Waals surface area contributed by atoms with Crippen molar-refractivity contribution in [1.29, 1.82) is 0 Å². The van der Waals surface area contributed by atoms with E-state index in [2.05, 4.69) is 10.1 Å². The lowest BCUT2D eigenvalue weighted by molar-refractivity contribution is 0.100. The van der Waals surface area contributed by atoms with Gasteiger partial charge in [0.05, 0.1) is 37.2 Å². The average Bonchev–Trinajstić information content (AvgIpc) is 3.43. The summed E-state index contributed by atoms with van der Waals surface area (Å²) in [6.07, 6.45) is 4.55. The van der Waals surface area contributed by atoms with E-state index in [1.165, 1.54) is 12.3 Å². The number of pyridine rings is 1. The molecule has 0 aliphatic carbocycles. The van der Waals surface area contributed by atoms with E-state index in [1.807, 2.05) is 19.9 Å². The van der Waals surface area contributed by atoms with E-state index < -0.39 is 11.7 Å². The van der Waals surface area contributed by atoms with Crippen molar-refractivity contribution < 1.29 is 18.7 Å². The lowest BCUT2D eigenvalue weighted by Gasteiger charge is -2.17. The SMILES string of the molecule is CCc1c(OC)ncc(C)c1-c1ccc(-c2c(C(N)=O)cnn2[C@H]2CCOC2)c(F)c1. The lowest BCUT2D eigenvalue weighted by Crippen LogP contribution is -2.16. The van der Waals surface area contributed by atoms with Gasteiger partial charge >= 0.3 is 0 Å². The molecule has 7 nitrogen and oxygen atoms in total. The first kappa shape index (κ1) is 21.0. The van der Waals surface area contributed by atoms with Crippen molar-refractivity contribution in [1.82, 2.24) is 14.8 Å². The summed E-state index contributed by atoms with van der Waals surface area (Å²) >= 11 is 0. The molecule has 1 fully saturated rings. The van der Waals surface area contributed by atoms with Crippen LogP contribution in [0.15, 0.2) is 30.6 Å². The van der Waals surface area contributed by atoms with Gasteiger partial charge in [-0.25, -0.2) is 9.37 Å². The van der Waals surface area contributed by atoms with E-state index in [1.54, 1.807) is 24.1 Å². The highest BCUT2D eigenvalue weighted by Gasteiger charge is 2.27. The van der Waals surface area contributed by atoms with Crippen LogP contribution in [0.3, 0.4) is 0 Å². The first-order valence-electron chi connectivity index (χ1n) is 10.2. The Balaban J connectivity index is 1.86. The van der Waals surface area contributed by atoms with Crippen molar-refractivity contribution >= 4 is 5.91 Å². The number of benzene rings is 1. The Kier molecular flexibility index (Phi) is 5.73. The first-order valence-corrected chi connectivity index (χ1v) is 10.2. The Labute approximate surface area is 180 Å². The highest BCUT2D eigenvalue weighted by atomic mass is 19.1. The molecule has 1 aromatic carbocycles. The molecule has 1 saturated heterocycles. The second-order valence-electron chi connectivity index (χ2n) is 7.59. The van der Waals surface area contributed by atoms with E-state index in [0.29, 0.717) is 36.8 Å². The molecular formula is C23H25FN4O3. The largest absolute Gasteiger partial charge is 0.481 e. The van der Waals surface area contributed by atoms with Crippen molar-refractivity contribution in [3.8, 4) is 28.3 Å². The minimum atomic E-state index is -0.647. The van der Waals surface area contributed by atoms with Crippen LogP contribution in [0.25, 0.3) is 22.4 Å². The molecule has 31 heavy (non-hydrogen) atoms. The van der Waals surface area contributed by atoms with Crippen molar-refractivity contribution in [3.05, 3.63) is 53.1 Å². The minimum Gasteiger partial charge on any atom is -0.481 e. The molecular weight excluding hydrogens is 399 g/mol. The van der Waals surface area contributed by atoms with Gasteiger partial charge in [-0.05, 0) is 48.6 Å². The van der Waals surface area contributed by atoms with Gasteiger partial charge in [-0.15, -0.1) is 0 Å². The molecule has 0 spiro atoms. The number of aromatic nitrogens is 3. The van der Waals surface area contributed by atoms with Gasteiger partial charge in [0.25, 0.3) is 5.91 Å². The van der Waals surface area contributed by atoms with Gasteiger partial charge in [0.15, 0.2) is 0 Å². The predicted molar refractivity (Wildman–Crippen MR) is 115 cm³/mol. The van der Waals surface area contributed by atoms with Crippen LogP contribution in [0.4, 0.5) is 4.39 Å². The quantitative estimate of drug-likeness (QED) is 0.652. The van der Waals surface area contributed by atoms with Crippen molar-refractivity contribution in [2.24, 2.45) is 5.73 Å². The zero-order valence-corrected chi connectivity index (χ0v) is 17.8. The van der Waals surface area contributed by atoms with Crippen molar-refractivity contribution in [2.45, 2.75) is 32.7 Å². The van der Waals surface area contributed by atoms with Crippen LogP contribution >= 0.6 is 0 Å². The normalized spacial score (nSPS) is 15.9. The van der Waals surface area contributed by atoms with E-state index in [0.717, 1.165) is 23.1 Å². The molecule has 1 atom stereocenters. The number of carbonyl (C=O) groups is 1. The highest BCUT2D eigenvalue weighted by molar-refractivity contribution is 5.99. The maximum Gasteiger partial charge on any atom is 0.252 e. The Morgan fingerprint density at radius 2 is 2.19 bits per heavy atom. The van der Waals surface area contributed by atoms with Crippen LogP contribution in [0, 0.1) is 12.7 Å². The topological polar surface area (TPSA) is 92.3 Å². The number of primary amides is 1. The van der Waals surface area contributed by atoms with E-state index >= 15 is 4.39 Å². The summed E-state index contributed by atoms with van der Waals surface area (Å²) in [7, 11) is 1.57. The molecule has 2 N–H and O–H groups in total. The smallest absolute Gasteiger partial charge is 0.252 e. The molecule has 1 amide bonds. The minimum absolute atomic E-state index is 0.0689. The van der Waals surface area contributed by atoms with Crippen LogP contribution < -0.4 is 10.5 Å². The number of ether oxygens (including phenoxy) is 2. The summed E-state index contributed by atoms with van der Waals surface area (Å²) in [5.41, 5.74) is 9.86. The van der Waals surface area contributed by atoms with E-state index in [9.17, 15) is 4.79 Å². The van der Waals surface area contributed by atoms with Crippen molar-refractivity contribution in [2.75, 3.05) is 20.3 Å². The third-order valence-corrected chi connectivity index (χ3v) is 5.70. The second kappa shape index (κ2) is 8.47. The van der Waals surface area contributed by atoms with Crippen LogP contribution in [0.1, 0.15) is 40.9 Å². The van der Waals surface area contributed by atoms with Crippen LogP contribution in [0.5, 0.6) is 5.88 Å². The number of carbonyl (C=O) groups excluding carboxylic acids is 1. The number of methoxy groups -OCH3 is 1. The van der Waals surface area contributed by atoms with Gasteiger partial charge < -0.3 is 15.2 Å². The molecule has 4 rings (SSSR count). The molecule has 162 valence electrons. The van der Waals surface area contributed by atoms with E-state index in [-0.39, 0.29) is 17.2 Å². The fourth-order valence-corrected chi connectivity index (χ4v) is 4.21. The molecule has 0 saturated carbocycles. The molecule has 1 aliphatic rings. The highest BCUT2D eigenvalue weighted by Crippen LogP contribution is 2.37. The van der Waals surface area contributed by atoms with Gasteiger partial charge in [-0.3, -0.25) is 9.48 Å². The monoisotopic (exact) mass is 424 g/mol. The Hall–Kier alpha value is -3.26. The predicted octanol–water partition coefficient (Wildman–Crippen LogP) is 3.69. The number of nitrogens with zero attached hydrogens (tertiary/aromatic N) is 3. The van der Waals surface area contributed by atoms with Gasteiger partial charge in [-0.1, -0.05) is 13.0 Å². The van der Waals surface area contributed by atoms with Crippen LogP contribution in [-0.4, -0.2) is 41.0 Å². The third-order valence-electron chi connectivity index (χ3n) is 5.70. The lowest BCUT2D eigenvalue weighted by atomic mass is 9.93. The van der Waals surface area contributed by atoms with Gasteiger partial charge in [0.2, 0.25) is 5.88 Å². The summed E-state index contributed by atoms with van der Waals surface area (Å²) < 4.78 is 28.0. The summed E-state index contributed by atoms with van der Waals surface area (Å²) in [6.45, 7) is 5.00. The zero-order chi connectivity index (χ0) is 22.1. The maximum atomic E-state index is 15.5. The summed E-state index contributed by atoms with van der Waals surface area (Å²) in [5.74, 6) is -0.576. The number of nitrogens with two attached hydrogens (primary N) is 1. The molecule has 8 heteroatoms. The van der Waals surface area contributed by atoms with Crippen LogP contribution in [-0.2, 0) is 11.2 Å². The number of halogens is 1. The zero-order valence-electron chi connectivity index (χ0n) is 17.8. The van der Waals surface area contributed by atoms with Crippen molar-refractivity contribution in [3.63, 3.8) is 0 Å². The molecule has 3 aromatic rings. The molecule has 2 aromatic heterocycles. The number of hydrogen-bond donors (Lipinski definition) is 1. The van der Waals surface area contributed by atoms with Gasteiger partial charge in [0, 0.05) is 23.9 Å². The number of hydrogen-bond acceptors (Lipinski definition) is 5. The summed E-state index contributed by atoms with van der Waals surface area (Å²) in [6, 6.07) is 4.92. The molecule has 0 unspecified atom stereocenters. The molecule has 1 aliphatic heterocycles. The number of amides is 1. The Morgan fingerprint density at radius 3 is 2.81 bits per heavy atom. The second-order valence-corrected chi connectivity index (χ2v) is 7.59. The fraction of sp³-hybridized carbons (Fsp3) is 0.348. The molecule has 0 radical (unpaired) electrons. The molecule has 3 heterocycles. The van der Waals surface area contributed by atoms with Crippen LogP contribution in [0.2, 0.25) is 0 Å². The fourth-order valence-electron chi connectivity index (χ4n) is 4.21. The number of rotatable bonds is 6. The third kappa shape index (κ3) is 3.67. The Bertz CT molecular complexity index is 1140. The summed E-state index contributed by atoms with van der Waals surface area (Å²) in [4.78, 5) is 16.3. The molecule has 0 bridgehead atoms.